The fourth-order valence-corrected chi connectivity index (χ4v) is 7.68. The molecule has 0 unspecified atom stereocenters. The highest BCUT2D eigenvalue weighted by Gasteiger charge is 2.28. The van der Waals surface area contributed by atoms with Gasteiger partial charge in [-0.25, -0.2) is 22.3 Å². The topological polar surface area (TPSA) is 133 Å². The molecule has 0 aliphatic carbocycles. The number of benzene rings is 2. The second-order valence-corrected chi connectivity index (χ2v) is 12.7. The molecule has 0 atom stereocenters. The van der Waals surface area contributed by atoms with Gasteiger partial charge >= 0.3 is 11.9 Å². The van der Waals surface area contributed by atoms with E-state index >= 15 is 0 Å². The number of aliphatic carboxylic acids is 1. The van der Waals surface area contributed by atoms with Gasteiger partial charge < -0.3 is 20.3 Å². The molecular weight excluding hydrogens is 596 g/mol. The Kier molecular flexibility index (Phi) is 9.08. The van der Waals surface area contributed by atoms with E-state index in [2.05, 4.69) is 21.2 Å². The Hall–Kier alpha value is -2.93. The van der Waals surface area contributed by atoms with E-state index in [0.717, 1.165) is 28.2 Å². The highest BCUT2D eigenvalue weighted by Crippen LogP contribution is 2.46. The average Bonchev–Trinajstić information content (AvgIpc) is 3.24. The lowest BCUT2D eigenvalue weighted by Gasteiger charge is -2.32. The van der Waals surface area contributed by atoms with Crippen molar-refractivity contribution in [2.45, 2.75) is 25.3 Å². The molecule has 1 aliphatic heterocycles. The summed E-state index contributed by atoms with van der Waals surface area (Å²) in [6, 6.07) is 17.1. The maximum absolute atomic E-state index is 12.8. The number of aromatic carboxylic acids is 1. The summed E-state index contributed by atoms with van der Waals surface area (Å²) >= 11 is 4.37. The van der Waals surface area contributed by atoms with Crippen molar-refractivity contribution in [1.82, 2.24) is 4.31 Å². The Bertz CT molecular complexity index is 1400. The molecule has 1 fully saturated rings. The summed E-state index contributed by atoms with van der Waals surface area (Å²) in [6.07, 6.45) is 1.81. The zero-order chi connectivity index (χ0) is 27.3. The molecule has 202 valence electrons. The first-order valence-corrected chi connectivity index (χ1v) is 15.1. The molecule has 9 nitrogen and oxygen atoms in total. The van der Waals surface area contributed by atoms with Crippen LogP contribution in [0.15, 0.2) is 59.1 Å². The molecule has 0 bridgehead atoms. The fraction of sp³-hybridized carbons (Fsp3) is 0.308. The van der Waals surface area contributed by atoms with Gasteiger partial charge in [0.15, 0.2) is 17.2 Å². The summed E-state index contributed by atoms with van der Waals surface area (Å²) in [5.74, 6) is -2.34. The summed E-state index contributed by atoms with van der Waals surface area (Å²) < 4.78 is 32.9. The van der Waals surface area contributed by atoms with E-state index in [0.29, 0.717) is 41.7 Å². The number of hydrogen-bond donors (Lipinski definition) is 3. The number of hydrogen-bond acceptors (Lipinski definition) is 7. The molecular formula is C26H27BrN2O7S2. The number of nitrogens with zero attached hydrogens (tertiary/aromatic N) is 1. The molecule has 0 saturated carbocycles. The first kappa shape index (κ1) is 28.1. The normalized spacial score (nSPS) is 14.8. The molecule has 0 radical (unpaired) electrons. The lowest BCUT2D eigenvalue weighted by atomic mass is 10.1. The van der Waals surface area contributed by atoms with Crippen molar-refractivity contribution in [2.24, 2.45) is 0 Å². The van der Waals surface area contributed by atoms with Crippen molar-refractivity contribution in [1.29, 1.82) is 0 Å². The Morgan fingerprint density at radius 3 is 2.45 bits per heavy atom. The van der Waals surface area contributed by atoms with Crippen LogP contribution in [0.1, 0.15) is 28.1 Å². The number of ether oxygens (including phenoxy) is 1. The van der Waals surface area contributed by atoms with Crippen LogP contribution in [0, 0.1) is 0 Å². The predicted molar refractivity (Wildman–Crippen MR) is 150 cm³/mol. The Balaban J connectivity index is 1.40. The summed E-state index contributed by atoms with van der Waals surface area (Å²) in [7, 11) is -3.34. The number of aryl methyl sites for hydroxylation is 1. The molecule has 3 N–H and O–H groups in total. The standard InChI is InChI=1S/C26H27BrN2O7S2/c27-22-23(36-16-21(30)31)25(26(32)33)37-24(22)18-7-4-8-20(15-18)28-19-9-12-29(13-10-19)38(34,35)14-11-17-5-2-1-3-6-17/h1-8,15,19,28H,9-14,16H2,(H,30,31)(H,32,33). The molecule has 38 heavy (non-hydrogen) atoms. The van der Waals surface area contributed by atoms with Crippen molar-refractivity contribution < 1.29 is 33.0 Å². The quantitative estimate of drug-likeness (QED) is 0.278. The number of sulfonamides is 1. The van der Waals surface area contributed by atoms with E-state index in [4.69, 9.17) is 9.84 Å². The number of carbonyl (C=O) groups is 2. The molecule has 4 rings (SSSR count). The first-order chi connectivity index (χ1) is 18.1. The highest BCUT2D eigenvalue weighted by molar-refractivity contribution is 9.10. The van der Waals surface area contributed by atoms with Crippen molar-refractivity contribution in [2.75, 3.05) is 30.8 Å². The van der Waals surface area contributed by atoms with Gasteiger partial charge in [-0.05, 0) is 58.5 Å². The molecule has 1 aromatic heterocycles. The van der Waals surface area contributed by atoms with Crippen LogP contribution >= 0.6 is 27.3 Å². The smallest absolute Gasteiger partial charge is 0.349 e. The van der Waals surface area contributed by atoms with Crippen LogP contribution in [0.4, 0.5) is 5.69 Å². The molecule has 0 spiro atoms. The Morgan fingerprint density at radius 1 is 1.08 bits per heavy atom. The third kappa shape index (κ3) is 6.93. The number of anilines is 1. The van der Waals surface area contributed by atoms with Crippen molar-refractivity contribution >= 4 is 54.9 Å². The lowest BCUT2D eigenvalue weighted by molar-refractivity contribution is -0.139. The van der Waals surface area contributed by atoms with Crippen molar-refractivity contribution in [3.05, 3.63) is 69.5 Å². The number of thiophene rings is 1. The second kappa shape index (κ2) is 12.3. The molecule has 2 aromatic carbocycles. The summed E-state index contributed by atoms with van der Waals surface area (Å²) in [5, 5.41) is 21.9. The summed E-state index contributed by atoms with van der Waals surface area (Å²) in [6.45, 7) is 0.228. The van der Waals surface area contributed by atoms with Gasteiger partial charge in [0.2, 0.25) is 10.0 Å². The van der Waals surface area contributed by atoms with Crippen molar-refractivity contribution in [3.63, 3.8) is 0 Å². The number of rotatable bonds is 11. The molecule has 0 amide bonds. The van der Waals surface area contributed by atoms with E-state index in [1.165, 1.54) is 0 Å². The van der Waals surface area contributed by atoms with Crippen LogP contribution in [0.25, 0.3) is 10.4 Å². The van der Waals surface area contributed by atoms with Crippen LogP contribution in [-0.2, 0) is 21.2 Å². The summed E-state index contributed by atoms with van der Waals surface area (Å²) in [5.41, 5.74) is 2.56. The zero-order valence-electron chi connectivity index (χ0n) is 20.3. The number of carboxylic acid groups (broad SMARTS) is 2. The minimum atomic E-state index is -3.34. The van der Waals surface area contributed by atoms with Gasteiger partial charge in [-0.1, -0.05) is 42.5 Å². The lowest BCUT2D eigenvalue weighted by Crippen LogP contribution is -2.43. The Morgan fingerprint density at radius 2 is 1.79 bits per heavy atom. The molecule has 3 aromatic rings. The highest BCUT2D eigenvalue weighted by atomic mass is 79.9. The SMILES string of the molecule is O=C(O)COc1c(C(=O)O)sc(-c2cccc(NC3CCN(S(=O)(=O)CCc4ccccc4)CC3)c2)c1Br. The van der Waals surface area contributed by atoms with Gasteiger partial charge in [-0.3, -0.25) is 0 Å². The van der Waals surface area contributed by atoms with E-state index in [-0.39, 0.29) is 22.4 Å². The largest absolute Gasteiger partial charge is 0.479 e. The maximum atomic E-state index is 12.8. The minimum Gasteiger partial charge on any atom is -0.479 e. The molecule has 2 heterocycles. The minimum absolute atomic E-state index is 0.0147. The van der Waals surface area contributed by atoms with Crippen LogP contribution in [0.3, 0.4) is 0 Å². The van der Waals surface area contributed by atoms with Gasteiger partial charge in [-0.15, -0.1) is 11.3 Å². The monoisotopic (exact) mass is 622 g/mol. The van der Waals surface area contributed by atoms with Crippen LogP contribution in [-0.4, -0.2) is 66.4 Å². The van der Waals surface area contributed by atoms with Gasteiger partial charge in [-0.2, -0.15) is 0 Å². The van der Waals surface area contributed by atoms with Crippen LogP contribution < -0.4 is 10.1 Å². The first-order valence-electron chi connectivity index (χ1n) is 11.9. The van der Waals surface area contributed by atoms with Crippen LogP contribution in [0.5, 0.6) is 5.75 Å². The third-order valence-electron chi connectivity index (χ3n) is 6.18. The zero-order valence-corrected chi connectivity index (χ0v) is 23.5. The maximum Gasteiger partial charge on any atom is 0.349 e. The van der Waals surface area contributed by atoms with Crippen molar-refractivity contribution in [3.8, 4) is 16.2 Å². The number of nitrogens with one attached hydrogen (secondary N) is 1. The van der Waals surface area contributed by atoms with Gasteiger partial charge in [0, 0.05) is 24.8 Å². The van der Waals surface area contributed by atoms with E-state index in [1.54, 1.807) is 4.31 Å². The Labute approximate surface area is 233 Å². The average molecular weight is 624 g/mol. The fourth-order valence-electron chi connectivity index (χ4n) is 4.27. The van der Waals surface area contributed by atoms with E-state index in [9.17, 15) is 23.1 Å². The van der Waals surface area contributed by atoms with Gasteiger partial charge in [0.25, 0.3) is 0 Å². The third-order valence-corrected chi connectivity index (χ3v) is 10.3. The second-order valence-electron chi connectivity index (χ2n) is 8.84. The van der Waals surface area contributed by atoms with Gasteiger partial charge in [0.05, 0.1) is 15.1 Å². The molecule has 1 saturated heterocycles. The van der Waals surface area contributed by atoms with E-state index < -0.39 is 28.6 Å². The number of carboxylic acids is 2. The summed E-state index contributed by atoms with van der Waals surface area (Å²) in [4.78, 5) is 23.1. The predicted octanol–water partition coefficient (Wildman–Crippen LogP) is 4.79. The molecule has 1 aliphatic rings. The van der Waals surface area contributed by atoms with Gasteiger partial charge in [0.1, 0.15) is 0 Å². The van der Waals surface area contributed by atoms with E-state index in [1.807, 2.05) is 54.6 Å². The van der Waals surface area contributed by atoms with Crippen LogP contribution in [0.2, 0.25) is 0 Å². The molecule has 12 heteroatoms. The number of piperidine rings is 1. The number of halogens is 1.